The molecular weight excluding hydrogens is 248 g/mol. The average molecular weight is 264 g/mol. The van der Waals surface area contributed by atoms with Crippen LogP contribution in [0.5, 0.6) is 0 Å². The molecule has 0 radical (unpaired) electrons. The zero-order valence-corrected chi connectivity index (χ0v) is 10.6. The Labute approximate surface area is 100 Å². The molecule has 0 rings (SSSR count). The van der Waals surface area contributed by atoms with Gasteiger partial charge in [0.05, 0.1) is 7.11 Å². The van der Waals surface area contributed by atoms with Crippen LogP contribution in [0.1, 0.15) is 19.8 Å². The maximum atomic E-state index is 11.5. The molecule has 0 aromatic heterocycles. The van der Waals surface area contributed by atoms with E-state index in [4.69, 9.17) is 5.53 Å². The normalized spacial score (nSPS) is 12.6. The van der Waals surface area contributed by atoms with Gasteiger partial charge in [-0.2, -0.15) is 0 Å². The molecule has 0 saturated heterocycles. The second-order valence-electron chi connectivity index (χ2n) is 3.27. The molecule has 0 heterocycles. The third kappa shape index (κ3) is 6.10. The number of ether oxygens (including phenoxy) is 1. The van der Waals surface area contributed by atoms with Crippen LogP contribution in [0.4, 0.5) is 0 Å². The lowest BCUT2D eigenvalue weighted by Gasteiger charge is -2.11. The van der Waals surface area contributed by atoms with Gasteiger partial charge in [-0.05, 0) is 25.3 Å². The number of unbranched alkanes of at least 4 members (excludes halogenated alkanes) is 1. The molecule has 0 aliphatic carbocycles. The highest BCUT2D eigenvalue weighted by atomic mass is 32.2. The first kappa shape index (κ1) is 15.7. The maximum Gasteiger partial charge on any atom is 0.325 e. The Morgan fingerprint density at radius 2 is 2.18 bits per heavy atom. The lowest BCUT2D eigenvalue weighted by Crippen LogP contribution is -2.38. The van der Waals surface area contributed by atoms with E-state index in [-0.39, 0.29) is 6.54 Å². The van der Waals surface area contributed by atoms with Crippen molar-refractivity contribution in [3.63, 3.8) is 0 Å². The molecule has 0 fully saturated rings. The predicted molar refractivity (Wildman–Crippen MR) is 61.6 cm³/mol. The van der Waals surface area contributed by atoms with Crippen molar-refractivity contribution in [1.82, 2.24) is 4.72 Å². The number of rotatable bonds is 8. The first-order chi connectivity index (χ1) is 7.95. The van der Waals surface area contributed by atoms with Crippen LogP contribution >= 0.6 is 0 Å². The van der Waals surface area contributed by atoms with E-state index < -0.39 is 21.2 Å². The minimum absolute atomic E-state index is 0.199. The first-order valence-corrected chi connectivity index (χ1v) is 6.57. The average Bonchev–Trinajstić information content (AvgIpc) is 2.31. The van der Waals surface area contributed by atoms with E-state index in [1.165, 1.54) is 6.92 Å². The summed E-state index contributed by atoms with van der Waals surface area (Å²) in [6, 6.07) is 0. The number of esters is 1. The smallest absolute Gasteiger partial charge is 0.325 e. The highest BCUT2D eigenvalue weighted by molar-refractivity contribution is 7.90. The van der Waals surface area contributed by atoms with Gasteiger partial charge >= 0.3 is 5.97 Å². The first-order valence-electron chi connectivity index (χ1n) is 5.03. The largest absolute Gasteiger partial charge is 0.468 e. The van der Waals surface area contributed by atoms with Gasteiger partial charge in [-0.25, -0.2) is 13.1 Å². The second-order valence-corrected chi connectivity index (χ2v) is 5.35. The van der Waals surface area contributed by atoms with Crippen molar-refractivity contribution in [3.8, 4) is 0 Å². The van der Waals surface area contributed by atoms with Gasteiger partial charge in [0.15, 0.2) is 5.25 Å². The van der Waals surface area contributed by atoms with E-state index in [2.05, 4.69) is 19.5 Å². The second kappa shape index (κ2) is 7.88. The quantitative estimate of drug-likeness (QED) is 0.226. The molecule has 0 aromatic carbocycles. The summed E-state index contributed by atoms with van der Waals surface area (Å²) in [5.74, 6) is -0.799. The van der Waals surface area contributed by atoms with Gasteiger partial charge in [0.1, 0.15) is 0 Å². The summed E-state index contributed by atoms with van der Waals surface area (Å²) in [4.78, 5) is 13.6. The van der Waals surface area contributed by atoms with Gasteiger partial charge in [-0.1, -0.05) is 5.11 Å². The van der Waals surface area contributed by atoms with Gasteiger partial charge in [0.25, 0.3) is 0 Å². The molecule has 0 spiro atoms. The van der Waals surface area contributed by atoms with Crippen molar-refractivity contribution in [2.24, 2.45) is 5.11 Å². The van der Waals surface area contributed by atoms with Crippen molar-refractivity contribution >= 4 is 16.0 Å². The maximum absolute atomic E-state index is 11.5. The molecular formula is C8H16N4O4S. The molecule has 0 amide bonds. The molecule has 1 unspecified atom stereocenters. The molecule has 17 heavy (non-hydrogen) atoms. The third-order valence-corrected chi connectivity index (χ3v) is 3.78. The Morgan fingerprint density at radius 3 is 2.71 bits per heavy atom. The number of carbonyl (C=O) groups excluding carboxylic acids is 1. The van der Waals surface area contributed by atoms with Crippen LogP contribution in [-0.4, -0.2) is 39.8 Å². The molecule has 8 nitrogen and oxygen atoms in total. The fraction of sp³-hybridized carbons (Fsp3) is 0.875. The number of nitrogens with zero attached hydrogens (tertiary/aromatic N) is 3. The molecule has 9 heteroatoms. The lowest BCUT2D eigenvalue weighted by atomic mass is 10.3. The monoisotopic (exact) mass is 264 g/mol. The van der Waals surface area contributed by atoms with Crippen molar-refractivity contribution in [3.05, 3.63) is 10.4 Å². The van der Waals surface area contributed by atoms with Crippen molar-refractivity contribution in [2.45, 2.75) is 25.0 Å². The number of hydrogen-bond acceptors (Lipinski definition) is 5. The summed E-state index contributed by atoms with van der Waals surface area (Å²) in [6.07, 6.45) is 1.12. The number of carbonyl (C=O) groups is 1. The van der Waals surface area contributed by atoms with E-state index in [0.29, 0.717) is 19.4 Å². The minimum Gasteiger partial charge on any atom is -0.468 e. The fourth-order valence-electron chi connectivity index (χ4n) is 0.984. The zero-order chi connectivity index (χ0) is 13.3. The van der Waals surface area contributed by atoms with E-state index in [1.807, 2.05) is 0 Å². The Hall–Kier alpha value is -1.31. The van der Waals surface area contributed by atoms with Crippen molar-refractivity contribution in [2.75, 3.05) is 20.2 Å². The summed E-state index contributed by atoms with van der Waals surface area (Å²) in [7, 11) is -2.56. The molecule has 98 valence electrons. The van der Waals surface area contributed by atoms with Crippen LogP contribution < -0.4 is 4.72 Å². The number of azide groups is 1. The topological polar surface area (TPSA) is 121 Å². The summed E-state index contributed by atoms with van der Waals surface area (Å²) in [5.41, 5.74) is 8.01. The van der Waals surface area contributed by atoms with Crippen LogP contribution in [-0.2, 0) is 19.6 Å². The number of methoxy groups -OCH3 is 1. The minimum atomic E-state index is -3.69. The van der Waals surface area contributed by atoms with Crippen molar-refractivity contribution < 1.29 is 17.9 Å². The van der Waals surface area contributed by atoms with Gasteiger partial charge in [0, 0.05) is 18.0 Å². The third-order valence-electron chi connectivity index (χ3n) is 2.05. The van der Waals surface area contributed by atoms with E-state index in [0.717, 1.165) is 7.11 Å². The fourth-order valence-corrected chi connectivity index (χ4v) is 2.01. The van der Waals surface area contributed by atoms with E-state index in [9.17, 15) is 13.2 Å². The van der Waals surface area contributed by atoms with Gasteiger partial charge in [0.2, 0.25) is 10.0 Å². The number of hydrogen-bond donors (Lipinski definition) is 1. The van der Waals surface area contributed by atoms with Crippen LogP contribution in [0.25, 0.3) is 10.4 Å². The standard InChI is InChI=1S/C8H16N4O4S/c1-7(8(13)16-2)17(14,15)11-6-4-3-5-10-12-9/h7,11H,3-6H2,1-2H3. The summed E-state index contributed by atoms with van der Waals surface area (Å²) in [5, 5.41) is 2.08. The van der Waals surface area contributed by atoms with Crippen LogP contribution in [0.15, 0.2) is 5.11 Å². The molecule has 1 N–H and O–H groups in total. The summed E-state index contributed by atoms with van der Waals surface area (Å²) >= 11 is 0. The van der Waals surface area contributed by atoms with Gasteiger partial charge < -0.3 is 4.74 Å². The Balaban J connectivity index is 4.02. The Kier molecular flexibility index (Phi) is 7.27. The molecule has 0 saturated carbocycles. The molecule has 0 aliphatic heterocycles. The summed E-state index contributed by atoms with van der Waals surface area (Å²) in [6.45, 7) is 1.78. The summed E-state index contributed by atoms with van der Waals surface area (Å²) < 4.78 is 29.7. The highest BCUT2D eigenvalue weighted by Crippen LogP contribution is 2.01. The van der Waals surface area contributed by atoms with E-state index in [1.54, 1.807) is 0 Å². The zero-order valence-electron chi connectivity index (χ0n) is 9.79. The SMILES string of the molecule is COC(=O)C(C)S(=O)(=O)NCCCCN=[N+]=[N-]. The van der Waals surface area contributed by atoms with Crippen LogP contribution in [0.2, 0.25) is 0 Å². The van der Waals surface area contributed by atoms with Crippen LogP contribution in [0.3, 0.4) is 0 Å². The van der Waals surface area contributed by atoms with E-state index >= 15 is 0 Å². The molecule has 1 atom stereocenters. The van der Waals surface area contributed by atoms with Crippen molar-refractivity contribution in [1.29, 1.82) is 0 Å². The Bertz CT molecular complexity index is 388. The predicted octanol–water partition coefficient (Wildman–Crippen LogP) is 0.558. The molecule has 0 bridgehead atoms. The molecule has 0 aromatic rings. The number of nitrogens with one attached hydrogen (secondary N) is 1. The lowest BCUT2D eigenvalue weighted by molar-refractivity contribution is -0.139. The highest BCUT2D eigenvalue weighted by Gasteiger charge is 2.27. The molecule has 0 aliphatic rings. The number of sulfonamides is 1. The van der Waals surface area contributed by atoms with Crippen LogP contribution in [0, 0.1) is 0 Å². The Morgan fingerprint density at radius 1 is 1.53 bits per heavy atom. The van der Waals surface area contributed by atoms with Gasteiger partial charge in [-0.3, -0.25) is 4.79 Å². The van der Waals surface area contributed by atoms with Gasteiger partial charge in [-0.15, -0.1) is 0 Å².